The van der Waals surface area contributed by atoms with Crippen molar-refractivity contribution in [1.29, 1.82) is 0 Å². The van der Waals surface area contributed by atoms with Gasteiger partial charge in [0.1, 0.15) is 0 Å². The normalized spacial score (nSPS) is 19.9. The van der Waals surface area contributed by atoms with Crippen molar-refractivity contribution in [2.24, 2.45) is 0 Å². The number of carbonyl (C=O) groups excluding carboxylic acids is 2. The van der Waals surface area contributed by atoms with Gasteiger partial charge in [0, 0.05) is 32.2 Å². The van der Waals surface area contributed by atoms with E-state index in [1.165, 1.54) is 0 Å². The number of rotatable bonds is 7. The number of carbonyl (C=O) groups is 2. The number of hydrogen-bond donors (Lipinski definition) is 1. The van der Waals surface area contributed by atoms with Gasteiger partial charge < -0.3 is 10.2 Å². The minimum Gasteiger partial charge on any atom is -0.352 e. The Labute approximate surface area is 127 Å². The molecule has 0 radical (unpaired) electrons. The molecule has 1 N–H and O–H groups in total. The summed E-state index contributed by atoms with van der Waals surface area (Å²) in [4.78, 5) is 30.2. The third-order valence-corrected chi connectivity index (χ3v) is 4.29. The maximum Gasteiger partial charge on any atom is 0.236 e. The molecule has 0 spiro atoms. The van der Waals surface area contributed by atoms with Gasteiger partial charge >= 0.3 is 0 Å². The van der Waals surface area contributed by atoms with E-state index in [0.29, 0.717) is 19.1 Å². The summed E-state index contributed by atoms with van der Waals surface area (Å²) in [5, 5.41) is 3.01. The molecule has 1 saturated carbocycles. The zero-order valence-corrected chi connectivity index (χ0v) is 13.3. The van der Waals surface area contributed by atoms with E-state index < -0.39 is 0 Å². The lowest BCUT2D eigenvalue weighted by atomic mass is 10.3. The van der Waals surface area contributed by atoms with Crippen LogP contribution in [0.3, 0.4) is 0 Å². The smallest absolute Gasteiger partial charge is 0.236 e. The van der Waals surface area contributed by atoms with Gasteiger partial charge in [-0.05, 0) is 25.9 Å². The molecule has 1 heterocycles. The summed E-state index contributed by atoms with van der Waals surface area (Å²) >= 11 is 0. The highest BCUT2D eigenvalue weighted by molar-refractivity contribution is 5.79. The van der Waals surface area contributed by atoms with Gasteiger partial charge in [-0.1, -0.05) is 13.8 Å². The summed E-state index contributed by atoms with van der Waals surface area (Å²) in [5.41, 5.74) is 0. The Balaban J connectivity index is 1.67. The zero-order valence-electron chi connectivity index (χ0n) is 13.3. The maximum absolute atomic E-state index is 12.2. The number of piperazine rings is 1. The second-order valence-electron chi connectivity index (χ2n) is 5.96. The Morgan fingerprint density at radius 3 is 2.24 bits per heavy atom. The first-order valence-electron chi connectivity index (χ1n) is 8.14. The van der Waals surface area contributed by atoms with Crippen molar-refractivity contribution in [2.75, 3.05) is 52.4 Å². The van der Waals surface area contributed by atoms with Crippen molar-refractivity contribution < 1.29 is 9.59 Å². The summed E-state index contributed by atoms with van der Waals surface area (Å²) < 4.78 is 0. The molecule has 2 aliphatic rings. The van der Waals surface area contributed by atoms with Crippen LogP contribution in [0.1, 0.15) is 26.7 Å². The highest BCUT2D eigenvalue weighted by Crippen LogP contribution is 2.18. The van der Waals surface area contributed by atoms with Gasteiger partial charge in [-0.3, -0.25) is 19.4 Å². The van der Waals surface area contributed by atoms with E-state index in [1.54, 1.807) is 0 Å². The summed E-state index contributed by atoms with van der Waals surface area (Å²) in [5.74, 6) is 0.334. The third-order valence-electron chi connectivity index (χ3n) is 4.29. The average Bonchev–Trinajstić information content (AvgIpc) is 3.29. The number of amides is 2. The van der Waals surface area contributed by atoms with Crippen molar-refractivity contribution in [3.63, 3.8) is 0 Å². The molecule has 0 aromatic carbocycles. The van der Waals surface area contributed by atoms with Gasteiger partial charge in [0.05, 0.1) is 13.1 Å². The van der Waals surface area contributed by atoms with Crippen molar-refractivity contribution in [2.45, 2.75) is 32.7 Å². The number of likely N-dealkylation sites (N-methyl/N-ethyl adjacent to an activating group) is 1. The summed E-state index contributed by atoms with van der Waals surface area (Å²) in [6, 6.07) is 0.425. The van der Waals surface area contributed by atoms with Crippen molar-refractivity contribution in [3.05, 3.63) is 0 Å². The van der Waals surface area contributed by atoms with Crippen LogP contribution < -0.4 is 5.32 Å². The van der Waals surface area contributed by atoms with Gasteiger partial charge in [0.15, 0.2) is 0 Å². The summed E-state index contributed by atoms with van der Waals surface area (Å²) in [6.07, 6.45) is 2.25. The van der Waals surface area contributed by atoms with Gasteiger partial charge in [-0.2, -0.15) is 0 Å². The largest absolute Gasteiger partial charge is 0.352 e. The predicted octanol–water partition coefficient (Wildman–Crippen LogP) is -0.249. The number of nitrogens with one attached hydrogen (secondary N) is 1. The zero-order chi connectivity index (χ0) is 15.2. The Bertz CT molecular complexity index is 359. The van der Waals surface area contributed by atoms with E-state index >= 15 is 0 Å². The minimum absolute atomic E-state index is 0.125. The predicted molar refractivity (Wildman–Crippen MR) is 82.0 cm³/mol. The first-order valence-corrected chi connectivity index (χ1v) is 8.14. The van der Waals surface area contributed by atoms with Crippen LogP contribution in [0.2, 0.25) is 0 Å². The lowest BCUT2D eigenvalue weighted by Crippen LogP contribution is -2.53. The van der Waals surface area contributed by atoms with Crippen LogP contribution in [-0.4, -0.2) is 84.9 Å². The van der Waals surface area contributed by atoms with E-state index in [9.17, 15) is 9.59 Å². The molecule has 0 bridgehead atoms. The first-order chi connectivity index (χ1) is 10.1. The summed E-state index contributed by atoms with van der Waals surface area (Å²) in [7, 11) is 0. The minimum atomic E-state index is 0.125. The monoisotopic (exact) mass is 296 g/mol. The van der Waals surface area contributed by atoms with Gasteiger partial charge in [-0.25, -0.2) is 0 Å². The van der Waals surface area contributed by atoms with E-state index in [2.05, 4.69) is 29.0 Å². The molecule has 0 unspecified atom stereocenters. The SMILES string of the molecule is CCN(CC)CC(=O)N1CCN(CC(=O)NC2CC2)CC1. The molecule has 120 valence electrons. The molecule has 2 rings (SSSR count). The van der Waals surface area contributed by atoms with E-state index in [0.717, 1.165) is 52.1 Å². The van der Waals surface area contributed by atoms with Crippen molar-refractivity contribution in [1.82, 2.24) is 20.0 Å². The Morgan fingerprint density at radius 1 is 1.10 bits per heavy atom. The van der Waals surface area contributed by atoms with Crippen LogP contribution >= 0.6 is 0 Å². The second kappa shape index (κ2) is 7.75. The lowest BCUT2D eigenvalue weighted by molar-refractivity contribution is -0.134. The van der Waals surface area contributed by atoms with E-state index in [-0.39, 0.29) is 11.8 Å². The Kier molecular flexibility index (Phi) is 5.99. The van der Waals surface area contributed by atoms with Crippen LogP contribution in [0.4, 0.5) is 0 Å². The third kappa shape index (κ3) is 5.28. The molecule has 2 amide bonds. The molecule has 21 heavy (non-hydrogen) atoms. The van der Waals surface area contributed by atoms with Crippen molar-refractivity contribution in [3.8, 4) is 0 Å². The fourth-order valence-electron chi connectivity index (χ4n) is 2.60. The topological polar surface area (TPSA) is 55.9 Å². The fraction of sp³-hybridized carbons (Fsp3) is 0.867. The maximum atomic E-state index is 12.2. The van der Waals surface area contributed by atoms with Gasteiger partial charge in [0.25, 0.3) is 0 Å². The molecule has 0 aromatic rings. The van der Waals surface area contributed by atoms with Gasteiger partial charge in [0.2, 0.25) is 11.8 Å². The standard InChI is InChI=1S/C15H28N4O2/c1-3-17(4-2)12-15(21)19-9-7-18(8-10-19)11-14(20)16-13-5-6-13/h13H,3-12H2,1-2H3,(H,16,20). The van der Waals surface area contributed by atoms with Crippen LogP contribution in [0, 0.1) is 0 Å². The second-order valence-corrected chi connectivity index (χ2v) is 5.96. The molecule has 1 aliphatic carbocycles. The quantitative estimate of drug-likeness (QED) is 0.704. The number of nitrogens with zero attached hydrogens (tertiary/aromatic N) is 3. The summed E-state index contributed by atoms with van der Waals surface area (Å²) in [6.45, 7) is 10.00. The molecule has 0 atom stereocenters. The molecule has 6 nitrogen and oxygen atoms in total. The molecular formula is C15H28N4O2. The molecular weight excluding hydrogens is 268 g/mol. The van der Waals surface area contributed by atoms with Gasteiger partial charge in [-0.15, -0.1) is 0 Å². The molecule has 0 aromatic heterocycles. The molecule has 6 heteroatoms. The fourth-order valence-corrected chi connectivity index (χ4v) is 2.60. The van der Waals surface area contributed by atoms with E-state index in [4.69, 9.17) is 0 Å². The van der Waals surface area contributed by atoms with Crippen molar-refractivity contribution >= 4 is 11.8 Å². The molecule has 2 fully saturated rings. The Morgan fingerprint density at radius 2 is 1.71 bits per heavy atom. The van der Waals surface area contributed by atoms with Crippen LogP contribution in [0.15, 0.2) is 0 Å². The Hall–Kier alpha value is -1.14. The highest BCUT2D eigenvalue weighted by atomic mass is 16.2. The first kappa shape index (κ1) is 16.2. The average molecular weight is 296 g/mol. The highest BCUT2D eigenvalue weighted by Gasteiger charge is 2.26. The number of hydrogen-bond acceptors (Lipinski definition) is 4. The van der Waals surface area contributed by atoms with Crippen LogP contribution in [0.5, 0.6) is 0 Å². The molecule has 1 aliphatic heterocycles. The van der Waals surface area contributed by atoms with Crippen LogP contribution in [0.25, 0.3) is 0 Å². The molecule has 1 saturated heterocycles. The van der Waals surface area contributed by atoms with E-state index in [1.807, 2.05) is 4.90 Å². The lowest BCUT2D eigenvalue weighted by Gasteiger charge is -2.35. The van der Waals surface area contributed by atoms with Crippen LogP contribution in [-0.2, 0) is 9.59 Å².